The van der Waals surface area contributed by atoms with Crippen LogP contribution in [-0.4, -0.2) is 30.6 Å². The van der Waals surface area contributed by atoms with Crippen LogP contribution in [0.25, 0.3) is 0 Å². The molecule has 25 heavy (non-hydrogen) atoms. The Morgan fingerprint density at radius 1 is 1.32 bits per heavy atom. The summed E-state index contributed by atoms with van der Waals surface area (Å²) in [6.45, 7) is 9.72. The molecule has 1 aliphatic carbocycles. The molecule has 1 aromatic rings. The molecule has 0 unspecified atom stereocenters. The van der Waals surface area contributed by atoms with E-state index in [-0.39, 0.29) is 11.5 Å². The van der Waals surface area contributed by atoms with E-state index in [2.05, 4.69) is 43.1 Å². The molecular weight excluding hydrogens is 312 g/mol. The number of hydrogen-bond donors (Lipinski definition) is 1. The van der Waals surface area contributed by atoms with Gasteiger partial charge in [0.2, 0.25) is 0 Å². The largest absolute Gasteiger partial charge is 0.412 e. The van der Waals surface area contributed by atoms with Crippen molar-refractivity contribution in [2.75, 3.05) is 19.6 Å². The van der Waals surface area contributed by atoms with Gasteiger partial charge in [-0.1, -0.05) is 46.1 Å². The Morgan fingerprint density at radius 3 is 2.92 bits per heavy atom. The number of unbranched alkanes of at least 4 members (excludes halogenated alkanes) is 3. The first-order chi connectivity index (χ1) is 12.1. The number of carbonyl (C=O) groups is 1. The highest BCUT2D eigenvalue weighted by molar-refractivity contribution is 5.70. The Kier molecular flexibility index (Phi) is 5.67. The highest BCUT2D eigenvalue weighted by Crippen LogP contribution is 2.53. The van der Waals surface area contributed by atoms with Gasteiger partial charge in [0.05, 0.1) is 0 Å². The van der Waals surface area contributed by atoms with E-state index < -0.39 is 0 Å². The minimum Gasteiger partial charge on any atom is -0.410 e. The number of likely N-dealkylation sites (tertiary alicyclic amines) is 1. The van der Waals surface area contributed by atoms with Gasteiger partial charge in [-0.15, -0.1) is 0 Å². The van der Waals surface area contributed by atoms with Crippen molar-refractivity contribution in [3.8, 4) is 5.75 Å². The van der Waals surface area contributed by atoms with Crippen LogP contribution in [0, 0.1) is 0 Å². The second-order valence-electron chi connectivity index (χ2n) is 7.79. The first-order valence-electron chi connectivity index (χ1n) is 9.91. The summed E-state index contributed by atoms with van der Waals surface area (Å²) in [6.07, 6.45) is 6.62. The van der Waals surface area contributed by atoms with Crippen molar-refractivity contribution in [3.05, 3.63) is 29.3 Å². The second kappa shape index (κ2) is 7.77. The van der Waals surface area contributed by atoms with Crippen LogP contribution in [0.15, 0.2) is 18.2 Å². The van der Waals surface area contributed by atoms with Crippen LogP contribution >= 0.6 is 0 Å². The lowest BCUT2D eigenvalue weighted by atomic mass is 9.79. The van der Waals surface area contributed by atoms with Gasteiger partial charge in [0.25, 0.3) is 0 Å². The summed E-state index contributed by atoms with van der Waals surface area (Å²) in [5, 5.41) is 2.86. The number of amides is 1. The van der Waals surface area contributed by atoms with E-state index in [1.807, 2.05) is 6.07 Å². The average molecular weight is 344 g/mol. The van der Waals surface area contributed by atoms with Crippen molar-refractivity contribution in [2.24, 2.45) is 0 Å². The van der Waals surface area contributed by atoms with Crippen LogP contribution in [0.5, 0.6) is 5.75 Å². The Hall–Kier alpha value is -1.55. The zero-order valence-corrected chi connectivity index (χ0v) is 15.9. The molecule has 1 amide bonds. The number of carbonyl (C=O) groups excluding carboxylic acids is 1. The van der Waals surface area contributed by atoms with Gasteiger partial charge in [-0.05, 0) is 61.0 Å². The molecule has 2 bridgehead atoms. The van der Waals surface area contributed by atoms with E-state index >= 15 is 0 Å². The number of rotatable bonds is 7. The monoisotopic (exact) mass is 344 g/mol. The molecular formula is C21H32N2O2. The summed E-state index contributed by atoms with van der Waals surface area (Å²) in [5.74, 6) is 0.668. The minimum atomic E-state index is -0.335. The predicted octanol–water partition coefficient (Wildman–Crippen LogP) is 4.78. The quantitative estimate of drug-likeness (QED) is 0.724. The molecule has 1 aliphatic heterocycles. The fourth-order valence-corrected chi connectivity index (χ4v) is 4.43. The van der Waals surface area contributed by atoms with Crippen molar-refractivity contribution >= 4 is 6.09 Å². The number of piperidine rings is 1. The zero-order chi connectivity index (χ0) is 17.9. The van der Waals surface area contributed by atoms with Gasteiger partial charge in [0, 0.05) is 12.6 Å². The number of nitrogens with zero attached hydrogens (tertiary/aromatic N) is 1. The molecule has 4 nitrogen and oxygen atoms in total. The molecule has 0 aromatic heterocycles. The number of fused-ring (bicyclic) bond motifs is 5. The van der Waals surface area contributed by atoms with Crippen LogP contribution in [0.3, 0.4) is 0 Å². The molecule has 1 heterocycles. The number of ether oxygens (including phenoxy) is 1. The van der Waals surface area contributed by atoms with Gasteiger partial charge in [-0.25, -0.2) is 4.79 Å². The second-order valence-corrected chi connectivity index (χ2v) is 7.79. The van der Waals surface area contributed by atoms with Crippen LogP contribution in [0.2, 0.25) is 0 Å². The molecule has 1 N–H and O–H groups in total. The lowest BCUT2D eigenvalue weighted by molar-refractivity contribution is 0.129. The lowest BCUT2D eigenvalue weighted by Crippen LogP contribution is -2.37. The van der Waals surface area contributed by atoms with Crippen molar-refractivity contribution in [2.45, 2.75) is 70.8 Å². The minimum absolute atomic E-state index is 0.224. The Balaban J connectivity index is 1.62. The fourth-order valence-electron chi connectivity index (χ4n) is 4.43. The normalized spacial score (nSPS) is 24.8. The molecule has 0 spiro atoms. The first kappa shape index (κ1) is 18.2. The molecule has 1 saturated heterocycles. The molecule has 2 aliphatic rings. The number of nitrogens with one attached hydrogen (secondary N) is 1. The van der Waals surface area contributed by atoms with Gasteiger partial charge in [0.1, 0.15) is 5.75 Å². The van der Waals surface area contributed by atoms with Crippen molar-refractivity contribution in [1.29, 1.82) is 0 Å². The standard InChI is InChI=1S/C21H32N2O2/c1-4-6-7-8-12-22-20(24)25-16-9-10-17-18(14-16)21(3)11-13-23(5-2)19(17)15-21/h9-10,14,19H,4-8,11-13,15H2,1-3H3,(H,22,24)/t19-,21+/m0/s1. The predicted molar refractivity (Wildman–Crippen MR) is 101 cm³/mol. The highest BCUT2D eigenvalue weighted by atomic mass is 16.6. The van der Waals surface area contributed by atoms with Gasteiger partial charge < -0.3 is 10.1 Å². The van der Waals surface area contributed by atoms with Crippen molar-refractivity contribution < 1.29 is 9.53 Å². The summed E-state index contributed by atoms with van der Waals surface area (Å²) >= 11 is 0. The van der Waals surface area contributed by atoms with E-state index in [4.69, 9.17) is 4.74 Å². The third-order valence-corrected chi connectivity index (χ3v) is 5.99. The van der Waals surface area contributed by atoms with E-state index in [1.165, 1.54) is 36.8 Å². The fraction of sp³-hybridized carbons (Fsp3) is 0.667. The van der Waals surface area contributed by atoms with Crippen LogP contribution in [0.4, 0.5) is 4.79 Å². The Morgan fingerprint density at radius 2 is 2.16 bits per heavy atom. The van der Waals surface area contributed by atoms with Crippen molar-refractivity contribution in [1.82, 2.24) is 10.2 Å². The molecule has 1 fully saturated rings. The molecule has 1 aromatic carbocycles. The summed E-state index contributed by atoms with van der Waals surface area (Å²) in [6, 6.07) is 6.75. The number of benzene rings is 1. The summed E-state index contributed by atoms with van der Waals surface area (Å²) in [7, 11) is 0. The molecule has 138 valence electrons. The van der Waals surface area contributed by atoms with E-state index in [1.54, 1.807) is 0 Å². The third kappa shape index (κ3) is 3.84. The van der Waals surface area contributed by atoms with Crippen LogP contribution in [0.1, 0.15) is 76.5 Å². The molecule has 0 radical (unpaired) electrons. The van der Waals surface area contributed by atoms with Crippen LogP contribution in [-0.2, 0) is 5.41 Å². The highest BCUT2D eigenvalue weighted by Gasteiger charge is 2.46. The van der Waals surface area contributed by atoms with E-state index in [0.29, 0.717) is 18.3 Å². The van der Waals surface area contributed by atoms with Crippen molar-refractivity contribution in [3.63, 3.8) is 0 Å². The number of hydrogen-bond acceptors (Lipinski definition) is 3. The zero-order valence-electron chi connectivity index (χ0n) is 15.9. The summed E-state index contributed by atoms with van der Waals surface area (Å²) in [5.41, 5.74) is 3.03. The maximum atomic E-state index is 12.0. The average Bonchev–Trinajstić information content (AvgIpc) is 2.83. The van der Waals surface area contributed by atoms with Gasteiger partial charge in [0.15, 0.2) is 0 Å². The maximum absolute atomic E-state index is 12.0. The van der Waals surface area contributed by atoms with E-state index in [9.17, 15) is 4.79 Å². The Labute approximate surface area is 151 Å². The van der Waals surface area contributed by atoms with Gasteiger partial charge >= 0.3 is 6.09 Å². The van der Waals surface area contributed by atoms with Gasteiger partial charge in [-0.2, -0.15) is 0 Å². The SMILES string of the molecule is CCCCCCNC(=O)Oc1ccc2c(c1)[C@]1(C)CCN(CC)[C@H]2C1. The van der Waals surface area contributed by atoms with Gasteiger partial charge in [-0.3, -0.25) is 4.90 Å². The molecule has 0 saturated carbocycles. The smallest absolute Gasteiger partial charge is 0.410 e. The summed E-state index contributed by atoms with van der Waals surface area (Å²) < 4.78 is 5.53. The summed E-state index contributed by atoms with van der Waals surface area (Å²) in [4.78, 5) is 14.6. The molecule has 2 atom stereocenters. The first-order valence-corrected chi connectivity index (χ1v) is 9.91. The van der Waals surface area contributed by atoms with E-state index in [0.717, 1.165) is 25.9 Å². The molecule has 4 heteroatoms. The Bertz CT molecular complexity index is 616. The van der Waals surface area contributed by atoms with Crippen LogP contribution < -0.4 is 10.1 Å². The maximum Gasteiger partial charge on any atom is 0.412 e. The molecule has 3 rings (SSSR count). The third-order valence-electron chi connectivity index (χ3n) is 5.99. The lowest BCUT2D eigenvalue weighted by Gasteiger charge is -2.37. The topological polar surface area (TPSA) is 41.6 Å².